The maximum Gasteiger partial charge on any atom is 0.228 e. The summed E-state index contributed by atoms with van der Waals surface area (Å²) in [5.74, 6) is -0.809. The zero-order valence-corrected chi connectivity index (χ0v) is 13.9. The molecule has 0 aromatic heterocycles. The van der Waals surface area contributed by atoms with Gasteiger partial charge in [-0.3, -0.25) is 9.59 Å². The van der Waals surface area contributed by atoms with E-state index in [9.17, 15) is 9.59 Å². The molecule has 0 saturated heterocycles. The van der Waals surface area contributed by atoms with Gasteiger partial charge in [-0.15, -0.1) is 0 Å². The van der Waals surface area contributed by atoms with Crippen LogP contribution in [0.5, 0.6) is 0 Å². The van der Waals surface area contributed by atoms with Gasteiger partial charge in [-0.2, -0.15) is 5.26 Å². The second-order valence-electron chi connectivity index (χ2n) is 6.27. The molecule has 2 N–H and O–H groups in total. The Morgan fingerprint density at radius 3 is 2.32 bits per heavy atom. The minimum Gasteiger partial charge on any atom is -0.349 e. The number of carbonyl (C=O) groups is 2. The molecular formula is C20H19N3O2. The summed E-state index contributed by atoms with van der Waals surface area (Å²) in [5, 5.41) is 14.5. The minimum absolute atomic E-state index is 0.0865. The minimum atomic E-state index is -0.293. The van der Waals surface area contributed by atoms with Gasteiger partial charge in [-0.1, -0.05) is 30.3 Å². The van der Waals surface area contributed by atoms with Crippen LogP contribution in [0.15, 0.2) is 54.6 Å². The van der Waals surface area contributed by atoms with Crippen molar-refractivity contribution in [1.29, 1.82) is 5.26 Å². The van der Waals surface area contributed by atoms with E-state index in [1.807, 2.05) is 43.3 Å². The molecule has 126 valence electrons. The van der Waals surface area contributed by atoms with Crippen molar-refractivity contribution in [2.24, 2.45) is 11.8 Å². The number of rotatable bonds is 5. The molecule has 1 saturated carbocycles. The Morgan fingerprint density at radius 1 is 1.04 bits per heavy atom. The quantitative estimate of drug-likeness (QED) is 0.882. The number of benzene rings is 2. The third-order valence-electron chi connectivity index (χ3n) is 4.40. The first-order valence-electron chi connectivity index (χ1n) is 8.25. The van der Waals surface area contributed by atoms with Crippen LogP contribution in [-0.2, 0) is 9.59 Å². The van der Waals surface area contributed by atoms with Gasteiger partial charge in [-0.05, 0) is 43.2 Å². The molecule has 5 heteroatoms. The van der Waals surface area contributed by atoms with Gasteiger partial charge in [0.25, 0.3) is 0 Å². The summed E-state index contributed by atoms with van der Waals surface area (Å²) in [5.41, 5.74) is 2.21. The predicted molar refractivity (Wildman–Crippen MR) is 94.4 cm³/mol. The van der Waals surface area contributed by atoms with Crippen LogP contribution >= 0.6 is 0 Å². The number of nitrogens with one attached hydrogen (secondary N) is 2. The molecular weight excluding hydrogens is 314 g/mol. The first kappa shape index (κ1) is 16.7. The summed E-state index contributed by atoms with van der Waals surface area (Å²) in [7, 11) is 0. The van der Waals surface area contributed by atoms with E-state index in [4.69, 9.17) is 5.26 Å². The van der Waals surface area contributed by atoms with Crippen LogP contribution < -0.4 is 10.6 Å². The van der Waals surface area contributed by atoms with Gasteiger partial charge in [0.15, 0.2) is 0 Å². The van der Waals surface area contributed by atoms with Crippen molar-refractivity contribution >= 4 is 17.5 Å². The van der Waals surface area contributed by atoms with Crippen molar-refractivity contribution in [2.45, 2.75) is 19.4 Å². The molecule has 1 aliphatic rings. The monoisotopic (exact) mass is 333 g/mol. The van der Waals surface area contributed by atoms with Crippen molar-refractivity contribution in [3.8, 4) is 6.07 Å². The Morgan fingerprint density at radius 2 is 1.68 bits per heavy atom. The van der Waals surface area contributed by atoms with E-state index in [-0.39, 0.29) is 29.7 Å². The number of amides is 2. The fourth-order valence-electron chi connectivity index (χ4n) is 2.78. The molecule has 0 heterocycles. The number of nitriles is 1. The summed E-state index contributed by atoms with van der Waals surface area (Å²) in [6, 6.07) is 18.3. The zero-order valence-electron chi connectivity index (χ0n) is 13.9. The predicted octanol–water partition coefficient (Wildman–Crippen LogP) is 3.01. The van der Waals surface area contributed by atoms with Crippen LogP contribution in [0.4, 0.5) is 5.69 Å². The van der Waals surface area contributed by atoms with Gasteiger partial charge in [0.2, 0.25) is 11.8 Å². The highest BCUT2D eigenvalue weighted by atomic mass is 16.2. The molecule has 2 aromatic carbocycles. The number of nitrogens with zero attached hydrogens (tertiary/aromatic N) is 1. The van der Waals surface area contributed by atoms with Crippen LogP contribution in [0.3, 0.4) is 0 Å². The van der Waals surface area contributed by atoms with Gasteiger partial charge >= 0.3 is 0 Å². The zero-order chi connectivity index (χ0) is 17.8. The highest BCUT2D eigenvalue weighted by molar-refractivity contribution is 5.99. The van der Waals surface area contributed by atoms with Gasteiger partial charge in [-0.25, -0.2) is 0 Å². The van der Waals surface area contributed by atoms with Crippen molar-refractivity contribution in [1.82, 2.24) is 5.32 Å². The largest absolute Gasteiger partial charge is 0.349 e. The molecule has 3 rings (SSSR count). The lowest BCUT2D eigenvalue weighted by atomic mass is 10.1. The van der Waals surface area contributed by atoms with Crippen LogP contribution in [0, 0.1) is 23.2 Å². The summed E-state index contributed by atoms with van der Waals surface area (Å²) >= 11 is 0. The standard InChI is InChI=1S/C20H19N3O2/c1-13(15-5-3-2-4-6-15)22-19(24)17-11-18(17)20(25)23-16-9-7-14(12-21)8-10-16/h2-10,13,17-18H,11H2,1H3,(H,22,24)(H,23,25). The van der Waals surface area contributed by atoms with Gasteiger partial charge in [0, 0.05) is 5.69 Å². The van der Waals surface area contributed by atoms with Crippen LogP contribution in [0.25, 0.3) is 0 Å². The third-order valence-corrected chi connectivity index (χ3v) is 4.40. The SMILES string of the molecule is CC(NC(=O)C1CC1C(=O)Nc1ccc(C#N)cc1)c1ccccc1. The Kier molecular flexibility index (Phi) is 4.80. The maximum atomic E-state index is 12.3. The van der Waals surface area contributed by atoms with E-state index < -0.39 is 0 Å². The molecule has 3 atom stereocenters. The lowest BCUT2D eigenvalue weighted by Crippen LogP contribution is -2.29. The molecule has 3 unspecified atom stereocenters. The Bertz CT molecular complexity index is 809. The first-order chi connectivity index (χ1) is 12.1. The first-order valence-corrected chi connectivity index (χ1v) is 8.25. The van der Waals surface area contributed by atoms with E-state index >= 15 is 0 Å². The fourth-order valence-corrected chi connectivity index (χ4v) is 2.78. The van der Waals surface area contributed by atoms with E-state index in [1.54, 1.807) is 24.3 Å². The van der Waals surface area contributed by atoms with Gasteiger partial charge in [0.1, 0.15) is 0 Å². The Balaban J connectivity index is 1.52. The summed E-state index contributed by atoms with van der Waals surface area (Å²) in [6.07, 6.45) is 0.565. The summed E-state index contributed by atoms with van der Waals surface area (Å²) in [6.45, 7) is 1.93. The second kappa shape index (κ2) is 7.18. The Labute approximate surface area is 146 Å². The molecule has 1 fully saturated rings. The average Bonchev–Trinajstić information content (AvgIpc) is 3.44. The average molecular weight is 333 g/mol. The Hall–Kier alpha value is -3.13. The van der Waals surface area contributed by atoms with Crippen molar-refractivity contribution in [3.05, 3.63) is 65.7 Å². The fraction of sp³-hybridized carbons (Fsp3) is 0.250. The van der Waals surface area contributed by atoms with E-state index in [0.29, 0.717) is 17.7 Å². The lowest BCUT2D eigenvalue weighted by Gasteiger charge is -2.14. The number of hydrogen-bond acceptors (Lipinski definition) is 3. The molecule has 2 amide bonds. The van der Waals surface area contributed by atoms with E-state index in [2.05, 4.69) is 10.6 Å². The number of anilines is 1. The molecule has 1 aliphatic carbocycles. The molecule has 25 heavy (non-hydrogen) atoms. The topological polar surface area (TPSA) is 82.0 Å². The summed E-state index contributed by atoms with van der Waals surface area (Å²) < 4.78 is 0. The van der Waals surface area contributed by atoms with E-state index in [1.165, 1.54) is 0 Å². The molecule has 0 aliphatic heterocycles. The van der Waals surface area contributed by atoms with Crippen molar-refractivity contribution in [3.63, 3.8) is 0 Å². The smallest absolute Gasteiger partial charge is 0.228 e. The third kappa shape index (κ3) is 4.04. The second-order valence-corrected chi connectivity index (χ2v) is 6.27. The van der Waals surface area contributed by atoms with Gasteiger partial charge < -0.3 is 10.6 Å². The van der Waals surface area contributed by atoms with Crippen LogP contribution in [0.1, 0.15) is 30.5 Å². The molecule has 0 spiro atoms. The normalized spacial score (nSPS) is 19.4. The molecule has 0 radical (unpaired) electrons. The summed E-state index contributed by atoms with van der Waals surface area (Å²) in [4.78, 5) is 24.6. The molecule has 2 aromatic rings. The highest BCUT2D eigenvalue weighted by Gasteiger charge is 2.48. The molecule has 5 nitrogen and oxygen atoms in total. The number of hydrogen-bond donors (Lipinski definition) is 2. The molecule has 0 bridgehead atoms. The van der Waals surface area contributed by atoms with Crippen LogP contribution in [-0.4, -0.2) is 11.8 Å². The van der Waals surface area contributed by atoms with Crippen molar-refractivity contribution < 1.29 is 9.59 Å². The lowest BCUT2D eigenvalue weighted by molar-refractivity contribution is -0.125. The number of carbonyl (C=O) groups excluding carboxylic acids is 2. The maximum absolute atomic E-state index is 12.3. The van der Waals surface area contributed by atoms with Gasteiger partial charge in [0.05, 0.1) is 29.5 Å². The van der Waals surface area contributed by atoms with Crippen molar-refractivity contribution in [2.75, 3.05) is 5.32 Å². The van der Waals surface area contributed by atoms with Crippen LogP contribution in [0.2, 0.25) is 0 Å². The van der Waals surface area contributed by atoms with E-state index in [0.717, 1.165) is 5.56 Å². The highest BCUT2D eigenvalue weighted by Crippen LogP contribution is 2.40.